The van der Waals surface area contributed by atoms with E-state index < -0.39 is 0 Å². The lowest BCUT2D eigenvalue weighted by Crippen LogP contribution is -2.19. The number of carbonyl (C=O) groups is 1. The van der Waals surface area contributed by atoms with Crippen LogP contribution < -0.4 is 10.6 Å². The van der Waals surface area contributed by atoms with Crippen molar-refractivity contribution in [2.24, 2.45) is 0 Å². The fraction of sp³-hybridized carbons (Fsp3) is 0.222. The van der Waals surface area contributed by atoms with Crippen LogP contribution in [0.5, 0.6) is 0 Å². The summed E-state index contributed by atoms with van der Waals surface area (Å²) in [6, 6.07) is 19.8. The zero-order chi connectivity index (χ0) is 24.9. The van der Waals surface area contributed by atoms with E-state index in [-0.39, 0.29) is 11.9 Å². The molecule has 1 amide bonds. The third kappa shape index (κ3) is 5.16. The predicted molar refractivity (Wildman–Crippen MR) is 139 cm³/mol. The van der Waals surface area contributed by atoms with Crippen molar-refractivity contribution in [1.29, 1.82) is 0 Å². The molecule has 9 nitrogen and oxygen atoms in total. The Bertz CT molecular complexity index is 1470. The van der Waals surface area contributed by atoms with E-state index >= 15 is 0 Å². The normalized spacial score (nSPS) is 11.3. The molecule has 1 aromatic carbocycles. The van der Waals surface area contributed by atoms with Crippen molar-refractivity contribution in [3.05, 3.63) is 90.6 Å². The maximum atomic E-state index is 13.0. The van der Waals surface area contributed by atoms with Crippen molar-refractivity contribution in [3.63, 3.8) is 0 Å². The SMILES string of the molecule is CC(C)n1cnnc1-c1cccc(NC(=O)c2cc3c(ccn3CCNCc3ccccc3)cn2)n1. The summed E-state index contributed by atoms with van der Waals surface area (Å²) in [5.74, 6) is 0.763. The van der Waals surface area contributed by atoms with Gasteiger partial charge in [-0.2, -0.15) is 0 Å². The molecule has 0 unspecified atom stereocenters. The summed E-state index contributed by atoms with van der Waals surface area (Å²) in [5, 5.41) is 15.5. The van der Waals surface area contributed by atoms with Crippen molar-refractivity contribution < 1.29 is 4.79 Å². The minimum absolute atomic E-state index is 0.191. The number of nitrogens with one attached hydrogen (secondary N) is 2. The molecule has 5 rings (SSSR count). The lowest BCUT2D eigenvalue weighted by atomic mass is 10.2. The molecule has 0 aliphatic rings. The summed E-state index contributed by atoms with van der Waals surface area (Å²) in [6.07, 6.45) is 5.43. The summed E-state index contributed by atoms with van der Waals surface area (Å²) in [4.78, 5) is 22.0. The molecule has 0 aliphatic carbocycles. The Morgan fingerprint density at radius 2 is 1.92 bits per heavy atom. The lowest BCUT2D eigenvalue weighted by Gasteiger charge is -2.11. The molecule has 0 saturated heterocycles. The topological polar surface area (TPSA) is 103 Å². The fourth-order valence-corrected chi connectivity index (χ4v) is 4.04. The fourth-order valence-electron chi connectivity index (χ4n) is 4.04. The second kappa shape index (κ2) is 10.5. The minimum Gasteiger partial charge on any atom is -0.346 e. The van der Waals surface area contributed by atoms with Crippen LogP contribution in [-0.2, 0) is 13.1 Å². The van der Waals surface area contributed by atoms with Gasteiger partial charge in [-0.3, -0.25) is 9.78 Å². The molecule has 0 radical (unpaired) electrons. The molecule has 182 valence electrons. The molecule has 4 aromatic heterocycles. The quantitative estimate of drug-likeness (QED) is 0.305. The molecular weight excluding hydrogens is 452 g/mol. The van der Waals surface area contributed by atoms with Crippen LogP contribution in [0.3, 0.4) is 0 Å². The molecule has 0 spiro atoms. The third-order valence-electron chi connectivity index (χ3n) is 5.94. The maximum Gasteiger partial charge on any atom is 0.275 e. The average molecular weight is 481 g/mol. The van der Waals surface area contributed by atoms with E-state index in [0.717, 1.165) is 30.5 Å². The van der Waals surface area contributed by atoms with Gasteiger partial charge in [0.25, 0.3) is 5.91 Å². The number of hydrogen-bond donors (Lipinski definition) is 2. The van der Waals surface area contributed by atoms with Crippen molar-refractivity contribution in [2.45, 2.75) is 33.0 Å². The molecule has 0 atom stereocenters. The number of benzene rings is 1. The second-order valence-corrected chi connectivity index (χ2v) is 8.82. The number of aromatic nitrogens is 6. The minimum atomic E-state index is -0.318. The van der Waals surface area contributed by atoms with Gasteiger partial charge in [0.05, 0.1) is 5.52 Å². The highest BCUT2D eigenvalue weighted by atomic mass is 16.1. The van der Waals surface area contributed by atoms with E-state index in [2.05, 4.69) is 61.3 Å². The average Bonchev–Trinajstić information content (AvgIpc) is 3.55. The summed E-state index contributed by atoms with van der Waals surface area (Å²) < 4.78 is 4.07. The molecule has 36 heavy (non-hydrogen) atoms. The van der Waals surface area contributed by atoms with Crippen LogP contribution in [-0.4, -0.2) is 41.8 Å². The molecule has 0 aliphatic heterocycles. The molecule has 0 saturated carbocycles. The molecule has 2 N–H and O–H groups in total. The smallest absolute Gasteiger partial charge is 0.275 e. The van der Waals surface area contributed by atoms with Crippen molar-refractivity contribution in [2.75, 3.05) is 11.9 Å². The number of rotatable bonds is 9. The standard InChI is InChI=1S/C27H28N8O/c1-19(2)35-18-30-33-26(35)22-9-6-10-25(31-22)32-27(36)23-15-24-21(17-29-23)11-13-34(24)14-12-28-16-20-7-4-3-5-8-20/h3-11,13,15,17-19,28H,12,14,16H2,1-2H3,(H,31,32,36). The van der Waals surface area contributed by atoms with Crippen molar-refractivity contribution in [3.8, 4) is 11.5 Å². The van der Waals surface area contributed by atoms with Gasteiger partial charge in [0.15, 0.2) is 5.82 Å². The number of pyridine rings is 2. The first-order valence-corrected chi connectivity index (χ1v) is 12.0. The second-order valence-electron chi connectivity index (χ2n) is 8.82. The predicted octanol–water partition coefficient (Wildman–Crippen LogP) is 4.31. The van der Waals surface area contributed by atoms with Crippen LogP contribution in [0.2, 0.25) is 0 Å². The van der Waals surface area contributed by atoms with E-state index in [4.69, 9.17) is 0 Å². The van der Waals surface area contributed by atoms with Crippen LogP contribution in [0.1, 0.15) is 35.9 Å². The van der Waals surface area contributed by atoms with Gasteiger partial charge < -0.3 is 19.8 Å². The molecule has 5 aromatic rings. The van der Waals surface area contributed by atoms with Gasteiger partial charge in [0, 0.05) is 43.5 Å². The van der Waals surface area contributed by atoms with E-state index in [1.54, 1.807) is 18.6 Å². The Morgan fingerprint density at radius 3 is 2.75 bits per heavy atom. The van der Waals surface area contributed by atoms with Crippen molar-refractivity contribution in [1.82, 2.24) is 34.6 Å². The van der Waals surface area contributed by atoms with Gasteiger partial charge in [-0.05, 0) is 43.7 Å². The molecule has 0 bridgehead atoms. The Balaban J connectivity index is 1.27. The molecule has 0 fully saturated rings. The number of nitrogens with zero attached hydrogens (tertiary/aromatic N) is 6. The number of amides is 1. The van der Waals surface area contributed by atoms with Gasteiger partial charge >= 0.3 is 0 Å². The first-order valence-electron chi connectivity index (χ1n) is 12.0. The van der Waals surface area contributed by atoms with Gasteiger partial charge in [0.1, 0.15) is 23.5 Å². The molecular formula is C27H28N8O. The highest BCUT2D eigenvalue weighted by Gasteiger charge is 2.14. The van der Waals surface area contributed by atoms with E-state index in [1.165, 1.54) is 5.56 Å². The maximum absolute atomic E-state index is 13.0. The molecule has 4 heterocycles. The van der Waals surface area contributed by atoms with E-state index in [1.807, 2.05) is 53.2 Å². The zero-order valence-corrected chi connectivity index (χ0v) is 20.3. The Morgan fingerprint density at radius 1 is 1.06 bits per heavy atom. The van der Waals surface area contributed by atoms with Crippen LogP contribution in [0.15, 0.2) is 79.4 Å². The van der Waals surface area contributed by atoms with Crippen LogP contribution in [0.4, 0.5) is 5.82 Å². The van der Waals surface area contributed by atoms with Crippen LogP contribution in [0, 0.1) is 0 Å². The highest BCUT2D eigenvalue weighted by molar-refractivity contribution is 6.04. The first kappa shape index (κ1) is 23.4. The van der Waals surface area contributed by atoms with E-state index in [0.29, 0.717) is 23.0 Å². The monoisotopic (exact) mass is 480 g/mol. The van der Waals surface area contributed by atoms with Gasteiger partial charge in [0.2, 0.25) is 0 Å². The summed E-state index contributed by atoms with van der Waals surface area (Å²) in [5.41, 5.74) is 3.18. The molecule has 9 heteroatoms. The summed E-state index contributed by atoms with van der Waals surface area (Å²) in [7, 11) is 0. The van der Waals surface area contributed by atoms with Gasteiger partial charge in [-0.15, -0.1) is 10.2 Å². The number of fused-ring (bicyclic) bond motifs is 1. The van der Waals surface area contributed by atoms with Gasteiger partial charge in [-0.1, -0.05) is 36.4 Å². The first-order chi connectivity index (χ1) is 17.6. The van der Waals surface area contributed by atoms with E-state index in [9.17, 15) is 4.79 Å². The lowest BCUT2D eigenvalue weighted by molar-refractivity contribution is 0.102. The zero-order valence-electron chi connectivity index (χ0n) is 20.3. The third-order valence-corrected chi connectivity index (χ3v) is 5.94. The van der Waals surface area contributed by atoms with Crippen LogP contribution in [0.25, 0.3) is 22.4 Å². The number of carbonyl (C=O) groups excluding carboxylic acids is 1. The van der Waals surface area contributed by atoms with Gasteiger partial charge in [-0.25, -0.2) is 4.98 Å². The Kier molecular flexibility index (Phi) is 6.81. The summed E-state index contributed by atoms with van der Waals surface area (Å²) >= 11 is 0. The summed E-state index contributed by atoms with van der Waals surface area (Å²) in [6.45, 7) is 6.50. The number of hydrogen-bond acceptors (Lipinski definition) is 6. The van der Waals surface area contributed by atoms with Crippen molar-refractivity contribution >= 4 is 22.6 Å². The number of anilines is 1. The van der Waals surface area contributed by atoms with Crippen LogP contribution >= 0.6 is 0 Å². The Labute approximate surface area is 209 Å². The largest absolute Gasteiger partial charge is 0.346 e. The Hall–Kier alpha value is -4.37. The highest BCUT2D eigenvalue weighted by Crippen LogP contribution is 2.21.